The van der Waals surface area contributed by atoms with Crippen LogP contribution >= 0.6 is 0 Å². The van der Waals surface area contributed by atoms with Crippen LogP contribution in [0.25, 0.3) is 21.7 Å². The molecule has 1 aromatic heterocycles. The van der Waals surface area contributed by atoms with E-state index in [0.29, 0.717) is 0 Å². The number of aromatic nitrogens is 2. The van der Waals surface area contributed by atoms with Crippen molar-refractivity contribution in [2.75, 3.05) is 0 Å². The summed E-state index contributed by atoms with van der Waals surface area (Å²) in [7, 11) is 0. The van der Waals surface area contributed by atoms with Crippen molar-refractivity contribution in [1.29, 1.82) is 0 Å². The van der Waals surface area contributed by atoms with Gasteiger partial charge in [-0.2, -0.15) is 10.2 Å². The van der Waals surface area contributed by atoms with Gasteiger partial charge >= 0.3 is 0 Å². The zero-order valence-corrected chi connectivity index (χ0v) is 7.44. The van der Waals surface area contributed by atoms with Crippen LogP contribution in [0.5, 0.6) is 0 Å². The summed E-state index contributed by atoms with van der Waals surface area (Å²) in [6.07, 6.45) is 1.72. The first kappa shape index (κ1) is 7.44. The van der Waals surface area contributed by atoms with Gasteiger partial charge in [0.2, 0.25) is 0 Å². The summed E-state index contributed by atoms with van der Waals surface area (Å²) < 4.78 is 0. The van der Waals surface area contributed by atoms with Crippen molar-refractivity contribution in [3.63, 3.8) is 0 Å². The van der Waals surface area contributed by atoms with E-state index < -0.39 is 0 Å². The van der Waals surface area contributed by atoms with Crippen LogP contribution in [0.1, 0.15) is 0 Å². The maximum atomic E-state index is 4.05. The van der Waals surface area contributed by atoms with Gasteiger partial charge < -0.3 is 0 Å². The van der Waals surface area contributed by atoms with E-state index in [2.05, 4.69) is 28.4 Å². The molecule has 2 aromatic carbocycles. The molecule has 2 heteroatoms. The Hall–Kier alpha value is -1.96. The third kappa shape index (κ3) is 0.973. The highest BCUT2D eigenvalue weighted by molar-refractivity contribution is 6.05. The second-order valence-electron chi connectivity index (χ2n) is 3.16. The third-order valence-electron chi connectivity index (χ3n) is 2.33. The van der Waals surface area contributed by atoms with Crippen LogP contribution < -0.4 is 0 Å². The van der Waals surface area contributed by atoms with Crippen molar-refractivity contribution in [3.05, 3.63) is 48.7 Å². The average molecular weight is 179 g/mol. The Balaban J connectivity index is 2.61. The van der Waals surface area contributed by atoms with Crippen molar-refractivity contribution in [1.82, 2.24) is 10.2 Å². The number of benzene rings is 2. The lowest BCUT2D eigenvalue weighted by Crippen LogP contribution is -1.83. The van der Waals surface area contributed by atoms with Crippen LogP contribution in [-0.4, -0.2) is 10.2 Å². The molecular formula is C12H7N2. The topological polar surface area (TPSA) is 25.8 Å². The number of hydrogen-bond donors (Lipinski definition) is 0. The van der Waals surface area contributed by atoms with E-state index in [9.17, 15) is 0 Å². The first-order valence-corrected chi connectivity index (χ1v) is 4.46. The summed E-state index contributed by atoms with van der Waals surface area (Å²) in [5.41, 5.74) is 0.895. The van der Waals surface area contributed by atoms with Gasteiger partial charge in [0.1, 0.15) is 0 Å². The predicted octanol–water partition coefficient (Wildman–Crippen LogP) is 2.58. The molecule has 2 nitrogen and oxygen atoms in total. The Labute approximate surface area is 81.2 Å². The van der Waals surface area contributed by atoms with E-state index >= 15 is 0 Å². The molecule has 0 aliphatic rings. The fourth-order valence-corrected chi connectivity index (χ4v) is 1.67. The zero-order chi connectivity index (χ0) is 9.38. The van der Waals surface area contributed by atoms with Crippen molar-refractivity contribution < 1.29 is 0 Å². The number of fused-ring (bicyclic) bond motifs is 3. The molecule has 0 bridgehead atoms. The predicted molar refractivity (Wildman–Crippen MR) is 55.9 cm³/mol. The molecule has 0 unspecified atom stereocenters. The molecule has 1 radical (unpaired) electrons. The monoisotopic (exact) mass is 179 g/mol. The second kappa shape index (κ2) is 2.77. The first-order valence-electron chi connectivity index (χ1n) is 4.46. The van der Waals surface area contributed by atoms with Crippen molar-refractivity contribution >= 4 is 21.7 Å². The Kier molecular flexibility index (Phi) is 1.47. The van der Waals surface area contributed by atoms with Gasteiger partial charge in [0.05, 0.1) is 11.7 Å². The average Bonchev–Trinajstić information content (AvgIpc) is 2.29. The van der Waals surface area contributed by atoms with E-state index in [0.717, 1.165) is 16.3 Å². The Bertz CT molecular complexity index is 547. The highest BCUT2D eigenvalue weighted by Gasteiger charge is 1.99. The molecule has 14 heavy (non-hydrogen) atoms. The molecule has 0 aliphatic carbocycles. The molecule has 0 saturated carbocycles. The lowest BCUT2D eigenvalue weighted by atomic mass is 10.1. The standard InChI is InChI=1S/C12H7N2/c1-2-4-10-9(3-1)5-6-12-11(10)7-8-13-14-12/h1-4,6-8H. The summed E-state index contributed by atoms with van der Waals surface area (Å²) in [4.78, 5) is 0. The summed E-state index contributed by atoms with van der Waals surface area (Å²) in [5.74, 6) is 0. The van der Waals surface area contributed by atoms with Crippen LogP contribution in [0.15, 0.2) is 42.6 Å². The Morgan fingerprint density at radius 1 is 1.00 bits per heavy atom. The van der Waals surface area contributed by atoms with Gasteiger partial charge in [-0.1, -0.05) is 24.3 Å². The van der Waals surface area contributed by atoms with Crippen molar-refractivity contribution in [2.45, 2.75) is 0 Å². The quantitative estimate of drug-likeness (QED) is 0.496. The lowest BCUT2D eigenvalue weighted by Gasteiger charge is -2.00. The van der Waals surface area contributed by atoms with Gasteiger partial charge in [-0.05, 0) is 29.0 Å². The van der Waals surface area contributed by atoms with Crippen LogP contribution in [-0.2, 0) is 0 Å². The summed E-state index contributed by atoms with van der Waals surface area (Å²) in [6, 6.07) is 15.2. The molecule has 0 saturated heterocycles. The highest BCUT2D eigenvalue weighted by atomic mass is 15.1. The van der Waals surface area contributed by atoms with Gasteiger partial charge in [-0.25, -0.2) is 0 Å². The molecule has 65 valence electrons. The van der Waals surface area contributed by atoms with Crippen LogP contribution in [0.3, 0.4) is 0 Å². The zero-order valence-electron chi connectivity index (χ0n) is 7.44. The maximum absolute atomic E-state index is 4.05. The molecular weight excluding hydrogens is 172 g/mol. The van der Waals surface area contributed by atoms with E-state index in [1.54, 1.807) is 6.20 Å². The third-order valence-corrected chi connectivity index (χ3v) is 2.33. The summed E-state index contributed by atoms with van der Waals surface area (Å²) in [5, 5.41) is 11.3. The van der Waals surface area contributed by atoms with Gasteiger partial charge in [-0.3, -0.25) is 0 Å². The number of hydrogen-bond acceptors (Lipinski definition) is 2. The minimum absolute atomic E-state index is 0.895. The van der Waals surface area contributed by atoms with Gasteiger partial charge in [0.15, 0.2) is 0 Å². The van der Waals surface area contributed by atoms with Crippen LogP contribution in [0.2, 0.25) is 0 Å². The summed E-state index contributed by atoms with van der Waals surface area (Å²) in [6.45, 7) is 0. The molecule has 0 spiro atoms. The highest BCUT2D eigenvalue weighted by Crippen LogP contribution is 2.22. The van der Waals surface area contributed by atoms with Crippen LogP contribution in [0, 0.1) is 6.07 Å². The number of nitrogens with zero attached hydrogens (tertiary/aromatic N) is 2. The second-order valence-corrected chi connectivity index (χ2v) is 3.16. The molecule has 3 aromatic rings. The molecule has 0 aliphatic heterocycles. The van der Waals surface area contributed by atoms with Gasteiger partial charge in [0, 0.05) is 5.39 Å². The minimum Gasteiger partial charge on any atom is -0.159 e. The fraction of sp³-hybridized carbons (Fsp3) is 0. The normalized spacial score (nSPS) is 10.9. The van der Waals surface area contributed by atoms with E-state index in [-0.39, 0.29) is 0 Å². The van der Waals surface area contributed by atoms with E-state index in [1.165, 1.54) is 5.39 Å². The van der Waals surface area contributed by atoms with Crippen LogP contribution in [0.4, 0.5) is 0 Å². The Morgan fingerprint density at radius 2 is 1.93 bits per heavy atom. The molecule has 0 fully saturated rings. The van der Waals surface area contributed by atoms with Crippen molar-refractivity contribution in [3.8, 4) is 0 Å². The minimum atomic E-state index is 0.895. The van der Waals surface area contributed by atoms with Gasteiger partial charge in [0.25, 0.3) is 0 Å². The molecule has 0 atom stereocenters. The fourth-order valence-electron chi connectivity index (χ4n) is 1.67. The van der Waals surface area contributed by atoms with Gasteiger partial charge in [-0.15, -0.1) is 0 Å². The summed E-state index contributed by atoms with van der Waals surface area (Å²) >= 11 is 0. The maximum Gasteiger partial charge on any atom is 0.0942 e. The molecule has 0 amide bonds. The molecule has 1 heterocycles. The largest absolute Gasteiger partial charge is 0.159 e. The smallest absolute Gasteiger partial charge is 0.0942 e. The Morgan fingerprint density at radius 3 is 2.93 bits per heavy atom. The molecule has 3 rings (SSSR count). The number of rotatable bonds is 0. The van der Waals surface area contributed by atoms with Crippen molar-refractivity contribution in [2.24, 2.45) is 0 Å². The van der Waals surface area contributed by atoms with E-state index in [1.807, 2.05) is 24.3 Å². The lowest BCUT2D eigenvalue weighted by molar-refractivity contribution is 1.08. The first-order chi connectivity index (χ1) is 6.95. The SMILES string of the molecule is [c]1cc2nnccc2c2ccccc12. The van der Waals surface area contributed by atoms with E-state index in [4.69, 9.17) is 0 Å². The molecule has 0 N–H and O–H groups in total.